The third-order valence-electron chi connectivity index (χ3n) is 2.50. The number of halogens is 1. The summed E-state index contributed by atoms with van der Waals surface area (Å²) in [4.78, 5) is 17.8. The molecular formula is C12H10ClN5OS. The zero-order valence-corrected chi connectivity index (χ0v) is 12.1. The maximum Gasteiger partial charge on any atom is 0.247 e. The molecule has 3 aromatic rings. The van der Waals surface area contributed by atoms with Crippen LogP contribution in [-0.2, 0) is 0 Å². The predicted octanol–water partition coefficient (Wildman–Crippen LogP) is 2.78. The van der Waals surface area contributed by atoms with Crippen molar-refractivity contribution in [1.29, 1.82) is 0 Å². The van der Waals surface area contributed by atoms with Crippen molar-refractivity contribution in [1.82, 2.24) is 19.9 Å². The minimum absolute atomic E-state index is 0.113. The van der Waals surface area contributed by atoms with E-state index in [4.69, 9.17) is 22.1 Å². The van der Waals surface area contributed by atoms with E-state index in [0.717, 1.165) is 4.88 Å². The van der Waals surface area contributed by atoms with E-state index in [1.165, 1.54) is 11.3 Å². The number of anilines is 1. The Morgan fingerprint density at radius 1 is 1.30 bits per heavy atom. The van der Waals surface area contributed by atoms with Crippen LogP contribution >= 0.6 is 22.9 Å². The molecule has 6 nitrogen and oxygen atoms in total. The maximum absolute atomic E-state index is 5.93. The monoisotopic (exact) mass is 307 g/mol. The standard InChI is InChI=1S/C12H10ClN5OS/c1-2-19-11-9-10(17-12(14)18-11)15-5-6(16-9)7-3-4-8(13)20-7/h3-5H,2H2,1H3,(H2,14,15,17,18). The molecule has 3 heterocycles. The second kappa shape index (κ2) is 5.18. The number of nitrogens with zero attached hydrogens (tertiary/aromatic N) is 4. The van der Waals surface area contributed by atoms with Gasteiger partial charge in [0.2, 0.25) is 11.8 Å². The molecule has 0 aliphatic heterocycles. The average Bonchev–Trinajstić information content (AvgIpc) is 2.85. The summed E-state index contributed by atoms with van der Waals surface area (Å²) in [6, 6.07) is 3.71. The van der Waals surface area contributed by atoms with Crippen molar-refractivity contribution in [3.8, 4) is 16.5 Å². The lowest BCUT2D eigenvalue weighted by Gasteiger charge is -2.06. The van der Waals surface area contributed by atoms with Crippen molar-refractivity contribution in [2.45, 2.75) is 6.92 Å². The number of ether oxygens (including phenoxy) is 1. The summed E-state index contributed by atoms with van der Waals surface area (Å²) < 4.78 is 6.13. The van der Waals surface area contributed by atoms with Crippen molar-refractivity contribution in [3.63, 3.8) is 0 Å². The summed E-state index contributed by atoms with van der Waals surface area (Å²) >= 11 is 7.36. The number of hydrogen-bond donors (Lipinski definition) is 1. The summed E-state index contributed by atoms with van der Waals surface area (Å²) in [5.74, 6) is 0.453. The second-order valence-electron chi connectivity index (χ2n) is 3.85. The Labute approximate surface area is 123 Å². The molecule has 0 aliphatic rings. The highest BCUT2D eigenvalue weighted by molar-refractivity contribution is 7.19. The molecule has 0 atom stereocenters. The highest BCUT2D eigenvalue weighted by Gasteiger charge is 2.12. The van der Waals surface area contributed by atoms with Gasteiger partial charge in [-0.05, 0) is 19.1 Å². The van der Waals surface area contributed by atoms with Gasteiger partial charge in [0.05, 0.1) is 27.7 Å². The number of thiophene rings is 1. The molecule has 0 saturated heterocycles. The van der Waals surface area contributed by atoms with Crippen LogP contribution in [0.3, 0.4) is 0 Å². The lowest BCUT2D eigenvalue weighted by Crippen LogP contribution is -2.03. The molecule has 0 radical (unpaired) electrons. The fourth-order valence-electron chi connectivity index (χ4n) is 1.71. The number of aromatic nitrogens is 4. The first-order valence-electron chi connectivity index (χ1n) is 5.86. The van der Waals surface area contributed by atoms with Gasteiger partial charge in [-0.1, -0.05) is 11.6 Å². The Kier molecular flexibility index (Phi) is 3.37. The van der Waals surface area contributed by atoms with Crippen LogP contribution in [0, 0.1) is 0 Å². The number of hydrogen-bond acceptors (Lipinski definition) is 7. The summed E-state index contributed by atoms with van der Waals surface area (Å²) in [6.07, 6.45) is 1.63. The minimum atomic E-state index is 0.113. The van der Waals surface area contributed by atoms with Crippen molar-refractivity contribution in [2.24, 2.45) is 0 Å². The first kappa shape index (κ1) is 13.0. The van der Waals surface area contributed by atoms with Crippen molar-refractivity contribution in [3.05, 3.63) is 22.7 Å². The van der Waals surface area contributed by atoms with Crippen LogP contribution in [0.25, 0.3) is 21.7 Å². The average molecular weight is 308 g/mol. The number of rotatable bonds is 3. The van der Waals surface area contributed by atoms with E-state index < -0.39 is 0 Å². The van der Waals surface area contributed by atoms with Crippen LogP contribution < -0.4 is 10.5 Å². The Morgan fingerprint density at radius 3 is 2.85 bits per heavy atom. The van der Waals surface area contributed by atoms with E-state index in [9.17, 15) is 0 Å². The first-order valence-corrected chi connectivity index (χ1v) is 7.05. The fourth-order valence-corrected chi connectivity index (χ4v) is 2.70. The molecule has 8 heteroatoms. The Bertz CT molecular complexity index is 776. The van der Waals surface area contributed by atoms with E-state index in [0.29, 0.717) is 33.7 Å². The summed E-state index contributed by atoms with van der Waals surface area (Å²) in [5, 5.41) is 0. The van der Waals surface area contributed by atoms with Gasteiger partial charge in [0.25, 0.3) is 0 Å². The summed E-state index contributed by atoms with van der Waals surface area (Å²) in [7, 11) is 0. The molecule has 20 heavy (non-hydrogen) atoms. The maximum atomic E-state index is 5.93. The smallest absolute Gasteiger partial charge is 0.247 e. The van der Waals surface area contributed by atoms with E-state index >= 15 is 0 Å². The van der Waals surface area contributed by atoms with Crippen LogP contribution in [0.15, 0.2) is 18.3 Å². The molecule has 0 saturated carbocycles. The molecule has 0 fully saturated rings. The van der Waals surface area contributed by atoms with Crippen LogP contribution in [0.1, 0.15) is 6.92 Å². The quantitative estimate of drug-likeness (QED) is 0.800. The van der Waals surface area contributed by atoms with Gasteiger partial charge in [0.1, 0.15) is 0 Å². The number of nitrogen functional groups attached to an aromatic ring is 1. The Morgan fingerprint density at radius 2 is 2.15 bits per heavy atom. The molecule has 0 aliphatic carbocycles. The van der Waals surface area contributed by atoms with Gasteiger partial charge in [-0.15, -0.1) is 11.3 Å². The lowest BCUT2D eigenvalue weighted by atomic mass is 10.3. The van der Waals surface area contributed by atoms with Gasteiger partial charge in [0.15, 0.2) is 11.2 Å². The lowest BCUT2D eigenvalue weighted by molar-refractivity contribution is 0.330. The molecular weight excluding hydrogens is 298 g/mol. The molecule has 3 rings (SSSR count). The van der Waals surface area contributed by atoms with E-state index in [-0.39, 0.29) is 5.95 Å². The molecule has 0 spiro atoms. The van der Waals surface area contributed by atoms with Gasteiger partial charge in [-0.3, -0.25) is 0 Å². The summed E-state index contributed by atoms with van der Waals surface area (Å²) in [5.41, 5.74) is 7.22. The third kappa shape index (κ3) is 2.37. The molecule has 3 aromatic heterocycles. The van der Waals surface area contributed by atoms with Crippen molar-refractivity contribution in [2.75, 3.05) is 12.3 Å². The van der Waals surface area contributed by atoms with E-state index in [1.54, 1.807) is 6.20 Å². The molecule has 0 aromatic carbocycles. The highest BCUT2D eigenvalue weighted by Crippen LogP contribution is 2.31. The minimum Gasteiger partial charge on any atom is -0.476 e. The van der Waals surface area contributed by atoms with Crippen LogP contribution in [0.5, 0.6) is 5.88 Å². The first-order chi connectivity index (χ1) is 9.67. The number of fused-ring (bicyclic) bond motifs is 1. The van der Waals surface area contributed by atoms with Crippen LogP contribution in [-0.4, -0.2) is 26.5 Å². The van der Waals surface area contributed by atoms with Gasteiger partial charge < -0.3 is 10.5 Å². The summed E-state index contributed by atoms with van der Waals surface area (Å²) in [6.45, 7) is 2.32. The van der Waals surface area contributed by atoms with Gasteiger partial charge in [-0.25, -0.2) is 9.97 Å². The normalized spacial score (nSPS) is 10.9. The Hall–Kier alpha value is -1.99. The SMILES string of the molecule is CCOc1nc(N)nc2ncc(-c3ccc(Cl)s3)nc12. The van der Waals surface area contributed by atoms with Crippen LogP contribution in [0.2, 0.25) is 4.34 Å². The predicted molar refractivity (Wildman–Crippen MR) is 79.0 cm³/mol. The van der Waals surface area contributed by atoms with Crippen molar-refractivity contribution >= 4 is 40.0 Å². The van der Waals surface area contributed by atoms with Gasteiger partial charge in [0, 0.05) is 0 Å². The Balaban J connectivity index is 2.18. The van der Waals surface area contributed by atoms with Gasteiger partial charge in [-0.2, -0.15) is 9.97 Å². The van der Waals surface area contributed by atoms with Crippen LogP contribution in [0.4, 0.5) is 5.95 Å². The zero-order valence-electron chi connectivity index (χ0n) is 10.5. The third-order valence-corrected chi connectivity index (χ3v) is 3.75. The van der Waals surface area contributed by atoms with Gasteiger partial charge >= 0.3 is 0 Å². The largest absolute Gasteiger partial charge is 0.476 e. The van der Waals surface area contributed by atoms with Crippen molar-refractivity contribution < 1.29 is 4.74 Å². The fraction of sp³-hybridized carbons (Fsp3) is 0.167. The molecule has 2 N–H and O–H groups in total. The topological polar surface area (TPSA) is 86.8 Å². The molecule has 0 bridgehead atoms. The van der Waals surface area contributed by atoms with E-state index in [2.05, 4.69) is 19.9 Å². The highest BCUT2D eigenvalue weighted by atomic mass is 35.5. The number of nitrogens with two attached hydrogens (primary N) is 1. The van der Waals surface area contributed by atoms with E-state index in [1.807, 2.05) is 19.1 Å². The zero-order chi connectivity index (χ0) is 14.1. The molecule has 102 valence electrons. The second-order valence-corrected chi connectivity index (χ2v) is 5.57. The molecule has 0 amide bonds. The molecule has 0 unspecified atom stereocenters.